The minimum atomic E-state index is -4.63. The van der Waals surface area contributed by atoms with Crippen LogP contribution in [0, 0.1) is 0 Å². The predicted octanol–water partition coefficient (Wildman–Crippen LogP) is 5.52. The average molecular weight is 525 g/mol. The van der Waals surface area contributed by atoms with Gasteiger partial charge in [-0.1, -0.05) is 41.9 Å². The molecule has 0 bridgehead atoms. The van der Waals surface area contributed by atoms with E-state index in [0.717, 1.165) is 24.1 Å². The summed E-state index contributed by atoms with van der Waals surface area (Å²) in [5, 5.41) is 2.11. The van der Waals surface area contributed by atoms with Crippen molar-refractivity contribution in [2.75, 3.05) is 22.8 Å². The lowest BCUT2D eigenvalue weighted by Gasteiger charge is -2.30. The molecule has 0 aromatic heterocycles. The van der Waals surface area contributed by atoms with Gasteiger partial charge in [0.2, 0.25) is 0 Å². The van der Waals surface area contributed by atoms with Crippen LogP contribution in [0.15, 0.2) is 71.6 Å². The van der Waals surface area contributed by atoms with Gasteiger partial charge in [-0.05, 0) is 54.8 Å². The van der Waals surface area contributed by atoms with Gasteiger partial charge in [-0.3, -0.25) is 9.10 Å². The lowest BCUT2D eigenvalue weighted by molar-refractivity contribution is -0.137. The maximum atomic E-state index is 13.3. The molecule has 1 heterocycles. The van der Waals surface area contributed by atoms with E-state index in [0.29, 0.717) is 18.7 Å². The van der Waals surface area contributed by atoms with Crippen molar-refractivity contribution in [2.45, 2.75) is 23.9 Å². The van der Waals surface area contributed by atoms with Gasteiger partial charge >= 0.3 is 6.18 Å². The number of halogens is 4. The van der Waals surface area contributed by atoms with Crippen LogP contribution in [-0.4, -0.2) is 27.5 Å². The molecule has 0 fully saturated rings. The molecule has 3 aromatic rings. The maximum Gasteiger partial charge on any atom is 0.418 e. The summed E-state index contributed by atoms with van der Waals surface area (Å²) >= 11 is 6.21. The zero-order valence-corrected chi connectivity index (χ0v) is 19.8. The molecule has 0 unspecified atom stereocenters. The van der Waals surface area contributed by atoms with E-state index in [4.69, 9.17) is 16.3 Å². The molecule has 1 aliphatic rings. The molecular weight excluding hydrogens is 505 g/mol. The van der Waals surface area contributed by atoms with Gasteiger partial charge in [-0.15, -0.1) is 0 Å². The summed E-state index contributed by atoms with van der Waals surface area (Å²) in [5.41, 5.74) is 0.167. The highest BCUT2D eigenvalue weighted by Crippen LogP contribution is 2.36. The van der Waals surface area contributed by atoms with Crippen LogP contribution in [0.3, 0.4) is 0 Å². The van der Waals surface area contributed by atoms with E-state index >= 15 is 0 Å². The first-order chi connectivity index (χ1) is 16.6. The van der Waals surface area contributed by atoms with Crippen molar-refractivity contribution in [3.63, 3.8) is 0 Å². The van der Waals surface area contributed by atoms with E-state index in [1.807, 2.05) is 12.1 Å². The Morgan fingerprint density at radius 3 is 2.51 bits per heavy atom. The number of nitrogens with one attached hydrogen (secondary N) is 1. The van der Waals surface area contributed by atoms with E-state index in [-0.39, 0.29) is 15.7 Å². The van der Waals surface area contributed by atoms with Gasteiger partial charge in [0.25, 0.3) is 15.9 Å². The fraction of sp³-hybridized carbons (Fsp3) is 0.208. The molecule has 0 radical (unpaired) electrons. The number of rotatable bonds is 6. The zero-order chi connectivity index (χ0) is 25.2. The Labute approximate surface area is 205 Å². The van der Waals surface area contributed by atoms with Crippen molar-refractivity contribution in [2.24, 2.45) is 0 Å². The number of ether oxygens (including phenoxy) is 1. The van der Waals surface area contributed by atoms with Crippen LogP contribution in [0.25, 0.3) is 0 Å². The molecule has 184 valence electrons. The molecule has 4 rings (SSSR count). The third-order valence-electron chi connectivity index (χ3n) is 5.42. The zero-order valence-electron chi connectivity index (χ0n) is 18.2. The van der Waals surface area contributed by atoms with Crippen molar-refractivity contribution < 1.29 is 31.1 Å². The molecule has 6 nitrogen and oxygen atoms in total. The van der Waals surface area contributed by atoms with Crippen molar-refractivity contribution in [3.05, 3.63) is 82.9 Å². The molecule has 11 heteroatoms. The molecule has 1 N–H and O–H groups in total. The summed E-state index contributed by atoms with van der Waals surface area (Å²) in [6.45, 7) is -0.299. The summed E-state index contributed by atoms with van der Waals surface area (Å²) in [5.74, 6) is -0.816. The van der Waals surface area contributed by atoms with Gasteiger partial charge in [-0.25, -0.2) is 8.42 Å². The minimum Gasteiger partial charge on any atom is -0.482 e. The summed E-state index contributed by atoms with van der Waals surface area (Å²) in [6.07, 6.45) is -3.17. The van der Waals surface area contributed by atoms with Gasteiger partial charge in [0.15, 0.2) is 6.61 Å². The normalized spacial score (nSPS) is 13.8. The van der Waals surface area contributed by atoms with Crippen molar-refractivity contribution in [1.29, 1.82) is 0 Å². The lowest BCUT2D eigenvalue weighted by atomic mass is 10.0. The van der Waals surface area contributed by atoms with E-state index in [1.54, 1.807) is 12.1 Å². The van der Waals surface area contributed by atoms with E-state index < -0.39 is 40.0 Å². The number of amides is 1. The van der Waals surface area contributed by atoms with Crippen LogP contribution >= 0.6 is 11.6 Å². The van der Waals surface area contributed by atoms with Crippen molar-refractivity contribution in [3.8, 4) is 5.75 Å². The fourth-order valence-electron chi connectivity index (χ4n) is 3.80. The Morgan fingerprint density at radius 1 is 1.06 bits per heavy atom. The fourth-order valence-corrected chi connectivity index (χ4v) is 5.67. The molecule has 0 spiro atoms. The number of carbonyl (C=O) groups excluding carboxylic acids is 1. The molecule has 1 aliphatic heterocycles. The van der Waals surface area contributed by atoms with Crippen LogP contribution in [0.5, 0.6) is 5.75 Å². The lowest BCUT2D eigenvalue weighted by Crippen LogP contribution is -2.35. The molecule has 0 saturated carbocycles. The summed E-state index contributed by atoms with van der Waals surface area (Å²) in [7, 11) is -3.90. The highest BCUT2D eigenvalue weighted by atomic mass is 35.5. The number of carbonyl (C=O) groups is 1. The number of fused-ring (bicyclic) bond motifs is 1. The molecule has 0 atom stereocenters. The second-order valence-electron chi connectivity index (χ2n) is 7.78. The minimum absolute atomic E-state index is 0.0175. The first kappa shape index (κ1) is 24.9. The van der Waals surface area contributed by atoms with Crippen LogP contribution < -0.4 is 14.4 Å². The number of benzene rings is 3. The first-order valence-corrected chi connectivity index (χ1v) is 12.4. The Hall–Kier alpha value is -3.24. The maximum absolute atomic E-state index is 13.3. The standard InChI is InChI=1S/C24H20ClF3N2O4S/c25-19-14-17(35(32,33)30-13-5-7-16-6-1-4-10-21(16)30)11-12-22(19)34-15-23(31)29-20-9-3-2-8-18(20)24(26,27)28/h1-4,6,8-12,14H,5,7,13,15H2,(H,29,31). The number of anilines is 2. The number of hydrogen-bond donors (Lipinski definition) is 1. The number of sulfonamides is 1. The van der Waals surface area contributed by atoms with Crippen LogP contribution in [0.2, 0.25) is 5.02 Å². The summed E-state index contributed by atoms with van der Waals surface area (Å²) < 4.78 is 72.5. The first-order valence-electron chi connectivity index (χ1n) is 10.6. The Balaban J connectivity index is 1.47. The van der Waals surface area contributed by atoms with E-state index in [1.165, 1.54) is 34.6 Å². The van der Waals surface area contributed by atoms with Crippen LogP contribution in [0.1, 0.15) is 17.5 Å². The highest BCUT2D eigenvalue weighted by molar-refractivity contribution is 7.92. The predicted molar refractivity (Wildman–Crippen MR) is 126 cm³/mol. The van der Waals surface area contributed by atoms with Crippen molar-refractivity contribution in [1.82, 2.24) is 0 Å². The topological polar surface area (TPSA) is 75.7 Å². The second kappa shape index (κ2) is 9.79. The van der Waals surface area contributed by atoms with Crippen molar-refractivity contribution >= 4 is 38.9 Å². The molecule has 1 amide bonds. The third kappa shape index (κ3) is 5.38. The van der Waals surface area contributed by atoms with E-state index in [9.17, 15) is 26.4 Å². The Morgan fingerprint density at radius 2 is 1.77 bits per heavy atom. The SMILES string of the molecule is O=C(COc1ccc(S(=O)(=O)N2CCCc3ccccc32)cc1Cl)Nc1ccccc1C(F)(F)F. The molecule has 35 heavy (non-hydrogen) atoms. The van der Waals surface area contributed by atoms with Gasteiger partial charge < -0.3 is 10.1 Å². The summed E-state index contributed by atoms with van der Waals surface area (Å²) in [6, 6.07) is 15.7. The third-order valence-corrected chi connectivity index (χ3v) is 7.53. The largest absolute Gasteiger partial charge is 0.482 e. The van der Waals surface area contributed by atoms with Gasteiger partial charge in [0, 0.05) is 6.54 Å². The quantitative estimate of drug-likeness (QED) is 0.461. The number of nitrogens with zero attached hydrogens (tertiary/aromatic N) is 1. The number of hydrogen-bond acceptors (Lipinski definition) is 4. The Bertz CT molecular complexity index is 1360. The second-order valence-corrected chi connectivity index (χ2v) is 10.1. The number of aryl methyl sites for hydroxylation is 1. The monoisotopic (exact) mass is 524 g/mol. The molecule has 0 saturated heterocycles. The highest BCUT2D eigenvalue weighted by Gasteiger charge is 2.33. The average Bonchev–Trinajstić information content (AvgIpc) is 2.82. The summed E-state index contributed by atoms with van der Waals surface area (Å²) in [4.78, 5) is 12.1. The molecular formula is C24H20ClF3N2O4S. The smallest absolute Gasteiger partial charge is 0.418 e. The van der Waals surface area contributed by atoms with E-state index in [2.05, 4.69) is 5.32 Å². The van der Waals surface area contributed by atoms with Crippen LogP contribution in [0.4, 0.5) is 24.5 Å². The number of para-hydroxylation sites is 2. The van der Waals surface area contributed by atoms with Gasteiger partial charge in [0.1, 0.15) is 5.75 Å². The molecule has 0 aliphatic carbocycles. The van der Waals surface area contributed by atoms with Gasteiger partial charge in [-0.2, -0.15) is 13.2 Å². The number of alkyl halides is 3. The molecule has 3 aromatic carbocycles. The Kier molecular flexibility index (Phi) is 6.95. The van der Waals surface area contributed by atoms with Gasteiger partial charge in [0.05, 0.1) is 26.9 Å². The van der Waals surface area contributed by atoms with Crippen LogP contribution in [-0.2, 0) is 27.4 Å².